The van der Waals surface area contributed by atoms with Gasteiger partial charge >= 0.3 is 0 Å². The summed E-state index contributed by atoms with van der Waals surface area (Å²) in [4.78, 5) is 35.6. The minimum Gasteiger partial charge on any atom is -0.358 e. The maximum Gasteiger partial charge on any atom is 0.254 e. The van der Waals surface area contributed by atoms with Gasteiger partial charge in [0.15, 0.2) is 5.78 Å². The normalized spacial score (nSPS) is 22.5. The molecule has 0 aromatic heterocycles. The molecule has 39 heavy (non-hydrogen) atoms. The lowest BCUT2D eigenvalue weighted by atomic mass is 9.93. The molecular formula is C32H35FN4O2. The van der Waals surface area contributed by atoms with Crippen LogP contribution in [-0.2, 0) is 24.2 Å². The third-order valence-corrected chi connectivity index (χ3v) is 8.42. The number of amides is 1. The van der Waals surface area contributed by atoms with E-state index in [0.717, 1.165) is 59.8 Å². The number of nitrogens with one attached hydrogen (secondary N) is 1. The Hall–Kier alpha value is -3.58. The Labute approximate surface area is 229 Å². The van der Waals surface area contributed by atoms with Gasteiger partial charge in [0.2, 0.25) is 0 Å². The van der Waals surface area contributed by atoms with Gasteiger partial charge < -0.3 is 15.1 Å². The molecule has 0 saturated carbocycles. The molecule has 6 nitrogen and oxygen atoms in total. The van der Waals surface area contributed by atoms with Gasteiger partial charge in [-0.15, -0.1) is 0 Å². The Balaban J connectivity index is 1.21. The smallest absolute Gasteiger partial charge is 0.254 e. The second-order valence-corrected chi connectivity index (χ2v) is 11.2. The van der Waals surface area contributed by atoms with Crippen LogP contribution in [0.25, 0.3) is 0 Å². The summed E-state index contributed by atoms with van der Waals surface area (Å²) in [6.07, 6.45) is 7.78. The van der Waals surface area contributed by atoms with E-state index in [0.29, 0.717) is 42.7 Å². The first-order valence-electron chi connectivity index (χ1n) is 14.1. The molecule has 0 radical (unpaired) electrons. The van der Waals surface area contributed by atoms with Crippen molar-refractivity contribution >= 4 is 23.1 Å². The molecular weight excluding hydrogens is 491 g/mol. The lowest BCUT2D eigenvalue weighted by molar-refractivity contribution is -0.114. The fourth-order valence-corrected chi connectivity index (χ4v) is 6.24. The van der Waals surface area contributed by atoms with Gasteiger partial charge in [-0.2, -0.15) is 0 Å². The number of hydrogen-bond acceptors (Lipinski definition) is 5. The van der Waals surface area contributed by atoms with Crippen LogP contribution in [0.2, 0.25) is 0 Å². The first-order chi connectivity index (χ1) is 18.9. The maximum absolute atomic E-state index is 14.0. The molecule has 1 aliphatic carbocycles. The van der Waals surface area contributed by atoms with Crippen LogP contribution in [0.3, 0.4) is 0 Å². The fourth-order valence-electron chi connectivity index (χ4n) is 6.24. The number of carbonyl (C=O) groups is 2. The highest BCUT2D eigenvalue weighted by Gasteiger charge is 2.32. The van der Waals surface area contributed by atoms with Crippen LogP contribution in [0.5, 0.6) is 0 Å². The van der Waals surface area contributed by atoms with Crippen LogP contribution < -0.4 is 5.32 Å². The zero-order valence-corrected chi connectivity index (χ0v) is 22.7. The summed E-state index contributed by atoms with van der Waals surface area (Å²) in [5.74, 6) is -0.0678. The summed E-state index contributed by atoms with van der Waals surface area (Å²) < 4.78 is 14.0. The van der Waals surface area contributed by atoms with Crippen molar-refractivity contribution in [2.75, 3.05) is 31.5 Å². The molecule has 3 heterocycles. The summed E-state index contributed by atoms with van der Waals surface area (Å²) in [6.45, 7) is 8.37. The van der Waals surface area contributed by atoms with Crippen molar-refractivity contribution in [3.05, 3.63) is 87.4 Å². The quantitative estimate of drug-likeness (QED) is 0.538. The van der Waals surface area contributed by atoms with E-state index in [-0.39, 0.29) is 23.5 Å². The molecule has 1 saturated heterocycles. The van der Waals surface area contributed by atoms with Crippen molar-refractivity contribution in [2.24, 2.45) is 4.99 Å². The van der Waals surface area contributed by atoms with Crippen molar-refractivity contribution in [3.8, 4) is 0 Å². The van der Waals surface area contributed by atoms with E-state index in [9.17, 15) is 14.0 Å². The molecule has 0 spiro atoms. The Bertz CT molecular complexity index is 1430. The Morgan fingerprint density at radius 1 is 1.10 bits per heavy atom. The lowest BCUT2D eigenvalue weighted by Crippen LogP contribution is -2.33. The first-order valence-corrected chi connectivity index (χ1v) is 14.1. The molecule has 0 bridgehead atoms. The number of nitrogens with zero attached hydrogens (tertiary/aromatic N) is 3. The number of halogens is 1. The number of allylic oxidation sites excluding steroid dienone is 4. The molecule has 4 aliphatic rings. The van der Waals surface area contributed by atoms with Gasteiger partial charge in [0, 0.05) is 49.4 Å². The molecule has 6 rings (SSSR count). The number of hydrogen-bond donors (Lipinski definition) is 1. The van der Waals surface area contributed by atoms with Crippen LogP contribution in [0.1, 0.15) is 58.8 Å². The van der Waals surface area contributed by atoms with E-state index in [1.54, 1.807) is 13.0 Å². The number of ketones is 1. The Kier molecular flexibility index (Phi) is 6.94. The topological polar surface area (TPSA) is 65.0 Å². The molecule has 2 aromatic rings. The van der Waals surface area contributed by atoms with Crippen molar-refractivity contribution in [3.63, 3.8) is 0 Å². The van der Waals surface area contributed by atoms with Crippen LogP contribution >= 0.6 is 0 Å². The van der Waals surface area contributed by atoms with E-state index >= 15 is 0 Å². The van der Waals surface area contributed by atoms with Gasteiger partial charge in [-0.3, -0.25) is 14.6 Å². The zero-order chi connectivity index (χ0) is 27.1. The van der Waals surface area contributed by atoms with Crippen molar-refractivity contribution in [2.45, 2.75) is 58.5 Å². The number of likely N-dealkylation sites (tertiary alicyclic amines) is 1. The van der Waals surface area contributed by atoms with E-state index in [2.05, 4.69) is 16.3 Å². The van der Waals surface area contributed by atoms with Gasteiger partial charge in [-0.1, -0.05) is 18.2 Å². The van der Waals surface area contributed by atoms with E-state index in [4.69, 9.17) is 4.99 Å². The summed E-state index contributed by atoms with van der Waals surface area (Å²) in [7, 11) is 0. The SMILES string of the molecule is Cc1c(F)cccc1C[C@H](C)N=C1C=CCC(=O)C1=C1Cc2cc3c(cc2N1)CN(CCN1CCCC1)C3=O. The minimum atomic E-state index is -0.212. The molecule has 202 valence electrons. The van der Waals surface area contributed by atoms with Gasteiger partial charge in [0.25, 0.3) is 5.91 Å². The molecule has 1 amide bonds. The van der Waals surface area contributed by atoms with Gasteiger partial charge in [0.1, 0.15) is 5.82 Å². The van der Waals surface area contributed by atoms with Crippen LogP contribution in [0.4, 0.5) is 10.1 Å². The number of benzene rings is 2. The summed E-state index contributed by atoms with van der Waals surface area (Å²) in [6, 6.07) is 9.10. The molecule has 0 unspecified atom stereocenters. The average molecular weight is 527 g/mol. The van der Waals surface area contributed by atoms with Crippen LogP contribution in [0, 0.1) is 12.7 Å². The standard InChI is InChI=1S/C32H35FN4O2/c1-20(15-22-7-5-8-26(33)21(22)2)34-27-9-6-10-30(38)31(27)29-17-23-16-25-24(18-28(23)35-29)19-37(32(25)39)14-13-36-11-3-4-12-36/h5-9,16,18,20,35H,3-4,10-15,17,19H2,1-2H3/t20-/m0/s1. The highest BCUT2D eigenvalue weighted by atomic mass is 19.1. The lowest BCUT2D eigenvalue weighted by Gasteiger charge is -2.20. The van der Waals surface area contributed by atoms with E-state index in [1.165, 1.54) is 18.9 Å². The first kappa shape index (κ1) is 25.7. The second-order valence-electron chi connectivity index (χ2n) is 11.2. The van der Waals surface area contributed by atoms with Crippen molar-refractivity contribution in [1.29, 1.82) is 0 Å². The van der Waals surface area contributed by atoms with Crippen molar-refractivity contribution in [1.82, 2.24) is 9.80 Å². The van der Waals surface area contributed by atoms with E-state index in [1.807, 2.05) is 36.1 Å². The highest BCUT2D eigenvalue weighted by molar-refractivity contribution is 6.29. The monoisotopic (exact) mass is 526 g/mol. The fraction of sp³-hybridized carbons (Fsp3) is 0.406. The average Bonchev–Trinajstić information content (AvgIpc) is 3.64. The van der Waals surface area contributed by atoms with Gasteiger partial charge in [-0.25, -0.2) is 4.39 Å². The van der Waals surface area contributed by atoms with Crippen molar-refractivity contribution < 1.29 is 14.0 Å². The van der Waals surface area contributed by atoms with Crippen LogP contribution in [-0.4, -0.2) is 59.4 Å². The maximum atomic E-state index is 14.0. The largest absolute Gasteiger partial charge is 0.358 e. The summed E-state index contributed by atoms with van der Waals surface area (Å²) >= 11 is 0. The third kappa shape index (κ3) is 5.08. The highest BCUT2D eigenvalue weighted by Crippen LogP contribution is 2.36. The summed E-state index contributed by atoms with van der Waals surface area (Å²) in [5.41, 5.74) is 7.53. The number of Topliss-reactive ketones (excluding diaryl/α,β-unsaturated/α-hetero) is 1. The summed E-state index contributed by atoms with van der Waals surface area (Å²) in [5, 5.41) is 3.50. The number of rotatable bonds is 6. The zero-order valence-electron chi connectivity index (χ0n) is 22.7. The molecule has 2 aromatic carbocycles. The van der Waals surface area contributed by atoms with Gasteiger partial charge in [0.05, 0.1) is 17.3 Å². The molecule has 3 aliphatic heterocycles. The Morgan fingerprint density at radius 3 is 2.74 bits per heavy atom. The Morgan fingerprint density at radius 2 is 1.92 bits per heavy atom. The third-order valence-electron chi connectivity index (χ3n) is 8.42. The predicted octanol–water partition coefficient (Wildman–Crippen LogP) is 5.01. The van der Waals surface area contributed by atoms with Crippen LogP contribution in [0.15, 0.2) is 58.7 Å². The molecule has 1 atom stereocenters. The molecule has 1 N–H and O–H groups in total. The number of aliphatic imine (C=N–C) groups is 1. The second kappa shape index (κ2) is 10.5. The van der Waals surface area contributed by atoms with Gasteiger partial charge in [-0.05, 0) is 92.7 Å². The van der Waals surface area contributed by atoms with E-state index < -0.39 is 0 Å². The predicted molar refractivity (Wildman–Crippen MR) is 152 cm³/mol. The number of fused-ring (bicyclic) bond motifs is 2. The number of anilines is 1. The molecule has 1 fully saturated rings. The number of carbonyl (C=O) groups excluding carboxylic acids is 2. The molecule has 7 heteroatoms. The minimum absolute atomic E-state index is 0.0393.